The van der Waals surface area contributed by atoms with Crippen molar-refractivity contribution < 1.29 is 42.7 Å². The second-order valence-electron chi connectivity index (χ2n) is 11.0. The average Bonchev–Trinajstić information content (AvgIpc) is 2.93. The fourth-order valence-electron chi connectivity index (χ4n) is 4.21. The van der Waals surface area contributed by atoms with Gasteiger partial charge in [0, 0.05) is 31.6 Å². The van der Waals surface area contributed by atoms with E-state index in [1.54, 1.807) is 0 Å². The van der Waals surface area contributed by atoms with E-state index in [1.165, 1.54) is 7.11 Å². The molecule has 41 heavy (non-hydrogen) atoms. The van der Waals surface area contributed by atoms with Gasteiger partial charge in [-0.1, -0.05) is 12.8 Å². The summed E-state index contributed by atoms with van der Waals surface area (Å²) in [6.07, 6.45) is 7.56. The number of esters is 1. The number of benzene rings is 1. The van der Waals surface area contributed by atoms with Crippen molar-refractivity contribution in [1.82, 2.24) is 5.32 Å². The Morgan fingerprint density at radius 1 is 0.854 bits per heavy atom. The fourth-order valence-corrected chi connectivity index (χ4v) is 4.21. The van der Waals surface area contributed by atoms with Crippen LogP contribution < -0.4 is 14.8 Å². The number of carbonyl (C=O) groups excluding carboxylic acids is 2. The number of rotatable bonds is 21. The molecule has 0 saturated carbocycles. The molecular weight excluding hydrogens is 530 g/mol. The predicted octanol–water partition coefficient (Wildman–Crippen LogP) is 5.76. The van der Waals surface area contributed by atoms with Gasteiger partial charge in [0.05, 0.1) is 52.8 Å². The van der Waals surface area contributed by atoms with Gasteiger partial charge >= 0.3 is 12.1 Å². The van der Waals surface area contributed by atoms with Gasteiger partial charge in [0.25, 0.3) is 0 Å². The molecule has 1 amide bonds. The molecule has 1 aliphatic heterocycles. The molecule has 1 N–H and O–H groups in total. The highest BCUT2D eigenvalue weighted by Gasteiger charge is 2.26. The number of hydrogen-bond acceptors (Lipinski definition) is 9. The lowest BCUT2D eigenvalue weighted by Gasteiger charge is -2.28. The van der Waals surface area contributed by atoms with Gasteiger partial charge in [-0.3, -0.25) is 4.79 Å². The summed E-state index contributed by atoms with van der Waals surface area (Å²) in [5.74, 6) is 1.38. The largest absolute Gasteiger partial charge is 0.494 e. The number of methoxy groups -OCH3 is 1. The number of fused-ring (bicyclic) bond motifs is 1. The minimum Gasteiger partial charge on any atom is -0.494 e. The maximum atomic E-state index is 12.3. The Kier molecular flexibility index (Phi) is 17.2. The zero-order valence-corrected chi connectivity index (χ0v) is 25.5. The van der Waals surface area contributed by atoms with E-state index in [1.807, 2.05) is 39.0 Å². The van der Waals surface area contributed by atoms with Gasteiger partial charge < -0.3 is 38.5 Å². The summed E-state index contributed by atoms with van der Waals surface area (Å²) in [5, 5.41) is 2.96. The summed E-state index contributed by atoms with van der Waals surface area (Å²) < 4.78 is 38.4. The molecule has 1 aromatic carbocycles. The standard InChI is InChI=1S/C31H51NO9/c1-31(2,3)41-30(34)32-27-15-19-40-28-14-13-25(24-26(27)28)39-18-11-6-5-9-16-36-20-22-38-23-21-37-17-10-7-8-12-29(33)35-4/h13-14,24,27H,5-12,15-23H2,1-4H3,(H,32,34)/t27-/m0/s1. The zero-order valence-electron chi connectivity index (χ0n) is 25.5. The first-order chi connectivity index (χ1) is 19.8. The Bertz CT molecular complexity index is 872. The second kappa shape index (κ2) is 20.3. The molecule has 234 valence electrons. The topological polar surface area (TPSA) is 111 Å². The summed E-state index contributed by atoms with van der Waals surface area (Å²) in [6.45, 7) is 10.4. The van der Waals surface area contributed by atoms with Crippen LogP contribution in [0.15, 0.2) is 18.2 Å². The van der Waals surface area contributed by atoms with Crippen LogP contribution in [0.2, 0.25) is 0 Å². The molecule has 0 fully saturated rings. The molecule has 2 rings (SSSR count). The van der Waals surface area contributed by atoms with Gasteiger partial charge in [-0.2, -0.15) is 0 Å². The van der Waals surface area contributed by atoms with Crippen molar-refractivity contribution in [2.24, 2.45) is 0 Å². The first kappa shape index (κ1) is 34.6. The number of carbonyl (C=O) groups is 2. The first-order valence-electron chi connectivity index (χ1n) is 15.0. The van der Waals surface area contributed by atoms with Gasteiger partial charge in [0.15, 0.2) is 0 Å². The second-order valence-corrected chi connectivity index (χ2v) is 11.0. The van der Waals surface area contributed by atoms with E-state index in [0.717, 1.165) is 68.6 Å². The molecule has 0 aliphatic carbocycles. The van der Waals surface area contributed by atoms with Crippen molar-refractivity contribution >= 4 is 12.1 Å². The summed E-state index contributed by atoms with van der Waals surface area (Å²) in [4.78, 5) is 23.3. The van der Waals surface area contributed by atoms with Crippen molar-refractivity contribution in [3.63, 3.8) is 0 Å². The third kappa shape index (κ3) is 16.5. The van der Waals surface area contributed by atoms with E-state index in [4.69, 9.17) is 28.4 Å². The van der Waals surface area contributed by atoms with E-state index in [9.17, 15) is 9.59 Å². The first-order valence-corrected chi connectivity index (χ1v) is 15.0. The van der Waals surface area contributed by atoms with Crippen LogP contribution in [0.4, 0.5) is 4.79 Å². The molecule has 0 saturated heterocycles. The van der Waals surface area contributed by atoms with Crippen LogP contribution in [0, 0.1) is 0 Å². The highest BCUT2D eigenvalue weighted by atomic mass is 16.6. The molecular formula is C31H51NO9. The Morgan fingerprint density at radius 3 is 2.10 bits per heavy atom. The van der Waals surface area contributed by atoms with Gasteiger partial charge in [-0.05, 0) is 71.1 Å². The van der Waals surface area contributed by atoms with Gasteiger partial charge in [0.2, 0.25) is 0 Å². The van der Waals surface area contributed by atoms with Crippen LogP contribution >= 0.6 is 0 Å². The lowest BCUT2D eigenvalue weighted by Crippen LogP contribution is -2.36. The summed E-state index contributed by atoms with van der Waals surface area (Å²) >= 11 is 0. The molecule has 1 aromatic rings. The molecule has 0 bridgehead atoms. The van der Waals surface area contributed by atoms with Crippen LogP contribution in [0.25, 0.3) is 0 Å². The fraction of sp³-hybridized carbons (Fsp3) is 0.742. The smallest absolute Gasteiger partial charge is 0.408 e. The van der Waals surface area contributed by atoms with Gasteiger partial charge in [0.1, 0.15) is 17.1 Å². The SMILES string of the molecule is COC(=O)CCCCCOCCOCCOCCCCCCOc1ccc2c(c1)[C@@H](NC(=O)OC(C)(C)C)CCO2. The highest BCUT2D eigenvalue weighted by Crippen LogP contribution is 2.35. The van der Waals surface area contributed by atoms with Crippen LogP contribution in [-0.4, -0.2) is 77.6 Å². The average molecular weight is 582 g/mol. The number of nitrogens with one attached hydrogen (secondary N) is 1. The molecule has 10 heteroatoms. The number of amides is 1. The van der Waals surface area contributed by atoms with E-state index < -0.39 is 11.7 Å². The Balaban J connectivity index is 1.43. The third-order valence-corrected chi connectivity index (χ3v) is 6.30. The van der Waals surface area contributed by atoms with Crippen molar-refractivity contribution in [2.75, 3.05) is 60.0 Å². The van der Waals surface area contributed by atoms with Crippen LogP contribution in [0.3, 0.4) is 0 Å². The van der Waals surface area contributed by atoms with Crippen molar-refractivity contribution in [1.29, 1.82) is 0 Å². The predicted molar refractivity (Wildman–Crippen MR) is 156 cm³/mol. The zero-order chi connectivity index (χ0) is 29.8. The van der Waals surface area contributed by atoms with Crippen LogP contribution in [0.1, 0.15) is 90.2 Å². The maximum absolute atomic E-state index is 12.3. The van der Waals surface area contributed by atoms with E-state index in [-0.39, 0.29) is 12.0 Å². The monoisotopic (exact) mass is 581 g/mol. The van der Waals surface area contributed by atoms with Crippen molar-refractivity contribution in [3.8, 4) is 11.5 Å². The molecule has 10 nitrogen and oxygen atoms in total. The molecule has 1 aliphatic rings. The van der Waals surface area contributed by atoms with E-state index >= 15 is 0 Å². The maximum Gasteiger partial charge on any atom is 0.408 e. The van der Waals surface area contributed by atoms with Gasteiger partial charge in [-0.25, -0.2) is 4.79 Å². The van der Waals surface area contributed by atoms with Crippen molar-refractivity contribution in [3.05, 3.63) is 23.8 Å². The Morgan fingerprint density at radius 2 is 1.46 bits per heavy atom. The third-order valence-electron chi connectivity index (χ3n) is 6.30. The quantitative estimate of drug-likeness (QED) is 0.143. The summed E-state index contributed by atoms with van der Waals surface area (Å²) in [5.41, 5.74) is 0.369. The lowest BCUT2D eigenvalue weighted by atomic mass is 10.0. The lowest BCUT2D eigenvalue weighted by molar-refractivity contribution is -0.140. The molecule has 1 atom stereocenters. The Labute approximate surface area is 245 Å². The van der Waals surface area contributed by atoms with Crippen molar-refractivity contribution in [2.45, 2.75) is 90.2 Å². The number of unbranched alkanes of at least 4 members (excludes halogenated alkanes) is 5. The molecule has 1 heterocycles. The minimum absolute atomic E-state index is 0.156. The normalized spacial score (nSPS) is 14.6. The Hall–Kier alpha value is -2.56. The van der Waals surface area contributed by atoms with E-state index in [2.05, 4.69) is 10.1 Å². The molecule has 0 radical (unpaired) electrons. The summed E-state index contributed by atoms with van der Waals surface area (Å²) in [6, 6.07) is 5.60. The number of ether oxygens (including phenoxy) is 7. The summed E-state index contributed by atoms with van der Waals surface area (Å²) in [7, 11) is 1.41. The number of alkyl carbamates (subject to hydrolysis) is 1. The molecule has 0 spiro atoms. The van der Waals surface area contributed by atoms with Crippen LogP contribution in [-0.2, 0) is 28.5 Å². The number of hydrogen-bond donors (Lipinski definition) is 1. The van der Waals surface area contributed by atoms with Crippen LogP contribution in [0.5, 0.6) is 11.5 Å². The highest BCUT2D eigenvalue weighted by molar-refractivity contribution is 5.69. The molecule has 0 aromatic heterocycles. The van der Waals surface area contributed by atoms with E-state index in [0.29, 0.717) is 59.1 Å². The van der Waals surface area contributed by atoms with Gasteiger partial charge in [-0.15, -0.1) is 0 Å². The minimum atomic E-state index is -0.546. The molecule has 0 unspecified atom stereocenters.